The number of nitrogens with zero attached hydrogens (tertiary/aromatic N) is 3. The number of sulfone groups is 1. The number of benzene rings is 1. The quantitative estimate of drug-likeness (QED) is 0.489. The average molecular weight is 382 g/mol. The fourth-order valence-corrected chi connectivity index (χ4v) is 3.92. The van der Waals surface area contributed by atoms with Gasteiger partial charge in [-0.3, -0.25) is 10.2 Å². The summed E-state index contributed by atoms with van der Waals surface area (Å²) in [5.74, 6) is 2.15. The van der Waals surface area contributed by atoms with Gasteiger partial charge in [0, 0.05) is 23.1 Å². The molecule has 1 aromatic carbocycles. The zero-order chi connectivity index (χ0) is 18.6. The van der Waals surface area contributed by atoms with Crippen LogP contribution >= 0.6 is 0 Å². The third-order valence-corrected chi connectivity index (χ3v) is 5.98. The summed E-state index contributed by atoms with van der Waals surface area (Å²) in [5.41, 5.74) is 2.45. The highest BCUT2D eigenvalue weighted by Crippen LogP contribution is 2.33. The Morgan fingerprint density at radius 3 is 2.81 bits per heavy atom. The van der Waals surface area contributed by atoms with Crippen LogP contribution in [0.3, 0.4) is 0 Å². The number of nitrogens with one attached hydrogen (secondary N) is 3. The molecule has 9 heteroatoms. The third kappa shape index (κ3) is 3.03. The highest BCUT2D eigenvalue weighted by Gasteiger charge is 2.23. The lowest BCUT2D eigenvalue weighted by molar-refractivity contribution is 0.602. The Balaban J connectivity index is 1.57. The second-order valence-electron chi connectivity index (χ2n) is 7.12. The number of pyridine rings is 1. The minimum atomic E-state index is -3.29. The molecule has 1 fully saturated rings. The highest BCUT2D eigenvalue weighted by atomic mass is 32.2. The highest BCUT2D eigenvalue weighted by molar-refractivity contribution is 7.90. The molecular formula is C18H18N6O2S. The first-order valence-corrected chi connectivity index (χ1v) is 10.6. The van der Waals surface area contributed by atoms with Gasteiger partial charge in [-0.15, -0.1) is 0 Å². The summed E-state index contributed by atoms with van der Waals surface area (Å²) < 4.78 is 23.7. The standard InChI is InChI=1S/C18H18N6O2S/c1-27(25,26)12-4-5-15-13(8-12)14-9-19-24-17(14)18(20-15)21-16-7-11(22-23-16)6-10-2-3-10/h4-5,7-10H,2-3,6H2,1H3,(H,19,24)(H2,20,21,22,23). The topological polar surface area (TPSA) is 116 Å². The van der Waals surface area contributed by atoms with Gasteiger partial charge >= 0.3 is 0 Å². The number of fused-ring (bicyclic) bond motifs is 3. The van der Waals surface area contributed by atoms with E-state index in [1.165, 1.54) is 19.1 Å². The van der Waals surface area contributed by atoms with Crippen LogP contribution < -0.4 is 5.32 Å². The largest absolute Gasteiger partial charge is 0.323 e. The Labute approximate surface area is 155 Å². The van der Waals surface area contributed by atoms with Gasteiger partial charge in [-0.05, 0) is 43.4 Å². The first kappa shape index (κ1) is 16.2. The summed E-state index contributed by atoms with van der Waals surface area (Å²) >= 11 is 0. The van der Waals surface area contributed by atoms with Gasteiger partial charge in [0.15, 0.2) is 15.7 Å². The van der Waals surface area contributed by atoms with E-state index in [-0.39, 0.29) is 4.90 Å². The molecule has 1 saturated carbocycles. The van der Waals surface area contributed by atoms with Gasteiger partial charge in [-0.2, -0.15) is 10.2 Å². The maximum Gasteiger partial charge on any atom is 0.175 e. The molecule has 3 aromatic heterocycles. The van der Waals surface area contributed by atoms with Crippen molar-refractivity contribution < 1.29 is 8.42 Å². The van der Waals surface area contributed by atoms with Crippen molar-refractivity contribution in [2.24, 2.45) is 5.92 Å². The number of aromatic nitrogens is 5. The van der Waals surface area contributed by atoms with Crippen LogP contribution in [0, 0.1) is 5.92 Å². The first-order valence-electron chi connectivity index (χ1n) is 8.75. The Morgan fingerprint density at radius 1 is 1.19 bits per heavy atom. The molecule has 1 aliphatic carbocycles. The van der Waals surface area contributed by atoms with E-state index in [1.54, 1.807) is 24.4 Å². The number of aromatic amines is 2. The van der Waals surface area contributed by atoms with Crippen LogP contribution in [0.4, 0.5) is 11.6 Å². The fraction of sp³-hybridized carbons (Fsp3) is 0.278. The molecule has 0 amide bonds. The Bertz CT molecular complexity index is 1270. The molecule has 27 heavy (non-hydrogen) atoms. The molecule has 4 aromatic rings. The molecule has 5 rings (SSSR count). The Kier molecular flexibility index (Phi) is 3.48. The first-order chi connectivity index (χ1) is 13.0. The summed E-state index contributed by atoms with van der Waals surface area (Å²) in [4.78, 5) is 4.91. The van der Waals surface area contributed by atoms with E-state index in [0.717, 1.165) is 34.6 Å². The molecule has 0 bridgehead atoms. The van der Waals surface area contributed by atoms with E-state index < -0.39 is 9.84 Å². The molecule has 0 aliphatic heterocycles. The molecule has 0 atom stereocenters. The normalized spacial score (nSPS) is 14.9. The lowest BCUT2D eigenvalue weighted by Gasteiger charge is -2.08. The van der Waals surface area contributed by atoms with E-state index >= 15 is 0 Å². The number of rotatable bonds is 5. The number of hydrogen-bond acceptors (Lipinski definition) is 6. The minimum absolute atomic E-state index is 0.262. The van der Waals surface area contributed by atoms with Crippen LogP contribution in [-0.2, 0) is 16.3 Å². The number of hydrogen-bond donors (Lipinski definition) is 3. The van der Waals surface area contributed by atoms with E-state index in [9.17, 15) is 8.42 Å². The van der Waals surface area contributed by atoms with Gasteiger partial charge in [0.05, 0.1) is 22.3 Å². The van der Waals surface area contributed by atoms with Crippen molar-refractivity contribution in [1.29, 1.82) is 0 Å². The van der Waals surface area contributed by atoms with Crippen LogP contribution in [-0.4, -0.2) is 40.1 Å². The van der Waals surface area contributed by atoms with Crippen molar-refractivity contribution in [2.45, 2.75) is 24.2 Å². The molecule has 0 spiro atoms. The second kappa shape index (κ2) is 5.78. The Hall–Kier alpha value is -2.94. The summed E-state index contributed by atoms with van der Waals surface area (Å²) in [5, 5.41) is 19.2. The monoisotopic (exact) mass is 382 g/mol. The maximum absolute atomic E-state index is 11.9. The summed E-state index contributed by atoms with van der Waals surface area (Å²) in [6.07, 6.45) is 6.44. The minimum Gasteiger partial charge on any atom is -0.323 e. The van der Waals surface area contributed by atoms with Crippen molar-refractivity contribution >= 4 is 43.3 Å². The van der Waals surface area contributed by atoms with E-state index in [4.69, 9.17) is 0 Å². The summed E-state index contributed by atoms with van der Waals surface area (Å²) in [6, 6.07) is 6.93. The van der Waals surface area contributed by atoms with Crippen molar-refractivity contribution in [1.82, 2.24) is 25.4 Å². The summed E-state index contributed by atoms with van der Waals surface area (Å²) in [6.45, 7) is 0. The smallest absolute Gasteiger partial charge is 0.175 e. The SMILES string of the molecule is CS(=O)(=O)c1ccc2nc(Nc3cc(CC4CC4)n[nH]3)c3[nH]ncc3c2c1. The van der Waals surface area contributed by atoms with Crippen LogP contribution in [0.5, 0.6) is 0 Å². The van der Waals surface area contributed by atoms with Crippen LogP contribution in [0.1, 0.15) is 18.5 Å². The van der Waals surface area contributed by atoms with Gasteiger partial charge in [-0.1, -0.05) is 0 Å². The van der Waals surface area contributed by atoms with E-state index in [2.05, 4.69) is 30.7 Å². The van der Waals surface area contributed by atoms with Crippen LogP contribution in [0.15, 0.2) is 35.4 Å². The molecule has 138 valence electrons. The van der Waals surface area contributed by atoms with Gasteiger partial charge in [-0.25, -0.2) is 13.4 Å². The maximum atomic E-state index is 11.9. The van der Waals surface area contributed by atoms with Gasteiger partial charge in [0.25, 0.3) is 0 Å². The molecule has 3 N–H and O–H groups in total. The second-order valence-corrected chi connectivity index (χ2v) is 9.13. The molecule has 1 aliphatic rings. The van der Waals surface area contributed by atoms with Crippen LogP contribution in [0.2, 0.25) is 0 Å². The number of H-pyrrole nitrogens is 2. The molecular weight excluding hydrogens is 364 g/mol. The predicted molar refractivity (Wildman–Crippen MR) is 103 cm³/mol. The summed E-state index contributed by atoms with van der Waals surface area (Å²) in [7, 11) is -3.29. The van der Waals surface area contributed by atoms with E-state index in [0.29, 0.717) is 16.9 Å². The van der Waals surface area contributed by atoms with Crippen molar-refractivity contribution in [3.63, 3.8) is 0 Å². The average Bonchev–Trinajstić information content (AvgIpc) is 3.12. The predicted octanol–water partition coefficient (Wildman–Crippen LogP) is 2.93. The van der Waals surface area contributed by atoms with E-state index in [1.807, 2.05) is 6.07 Å². The number of anilines is 2. The molecule has 3 heterocycles. The lowest BCUT2D eigenvalue weighted by Crippen LogP contribution is -1.99. The zero-order valence-corrected chi connectivity index (χ0v) is 15.5. The lowest BCUT2D eigenvalue weighted by atomic mass is 10.1. The zero-order valence-electron chi connectivity index (χ0n) is 14.7. The molecule has 8 nitrogen and oxygen atoms in total. The van der Waals surface area contributed by atoms with Crippen LogP contribution in [0.25, 0.3) is 21.8 Å². The van der Waals surface area contributed by atoms with Gasteiger partial charge in [0.2, 0.25) is 0 Å². The molecule has 0 saturated heterocycles. The van der Waals surface area contributed by atoms with Gasteiger partial charge < -0.3 is 5.32 Å². The third-order valence-electron chi connectivity index (χ3n) is 4.87. The van der Waals surface area contributed by atoms with Gasteiger partial charge in [0.1, 0.15) is 11.3 Å². The molecule has 0 unspecified atom stereocenters. The van der Waals surface area contributed by atoms with Crippen molar-refractivity contribution in [2.75, 3.05) is 11.6 Å². The van der Waals surface area contributed by atoms with Crippen molar-refractivity contribution in [3.8, 4) is 0 Å². The Morgan fingerprint density at radius 2 is 2.04 bits per heavy atom. The van der Waals surface area contributed by atoms with Crippen molar-refractivity contribution in [3.05, 3.63) is 36.2 Å². The molecule has 0 radical (unpaired) electrons. The fourth-order valence-electron chi connectivity index (χ4n) is 3.27.